The van der Waals surface area contributed by atoms with E-state index in [0.717, 1.165) is 9.87 Å². The monoisotopic (exact) mass is 384 g/mol. The van der Waals surface area contributed by atoms with Gasteiger partial charge in [0.05, 0.1) is 11.4 Å². The average Bonchev–Trinajstić information content (AvgIpc) is 2.59. The van der Waals surface area contributed by atoms with E-state index in [0.29, 0.717) is 5.02 Å². The van der Waals surface area contributed by atoms with E-state index in [1.165, 1.54) is 36.4 Å². The van der Waals surface area contributed by atoms with E-state index < -0.39 is 15.9 Å². The Morgan fingerprint density at radius 2 is 1.72 bits per heavy atom. The molecule has 0 unspecified atom stereocenters. The van der Waals surface area contributed by atoms with Gasteiger partial charge in [0.25, 0.3) is 0 Å². The molecule has 0 saturated carbocycles. The van der Waals surface area contributed by atoms with Gasteiger partial charge in [-0.25, -0.2) is 12.8 Å². The lowest BCUT2D eigenvalue weighted by Gasteiger charge is -2.20. The summed E-state index contributed by atoms with van der Waals surface area (Å²) in [6, 6.07) is 11.5. The number of carbonyl (C=O) groups excluding carboxylic acids is 1. The van der Waals surface area contributed by atoms with E-state index in [1.54, 1.807) is 19.1 Å². The minimum atomic E-state index is -3.79. The number of sulfonamides is 1. The Kier molecular flexibility index (Phi) is 6.52. The van der Waals surface area contributed by atoms with Crippen LogP contribution in [0.5, 0.6) is 0 Å². The van der Waals surface area contributed by atoms with Crippen LogP contribution in [0.15, 0.2) is 53.4 Å². The summed E-state index contributed by atoms with van der Waals surface area (Å²) >= 11 is 5.77. The largest absolute Gasteiger partial charge is 0.351 e. The molecule has 0 radical (unpaired) electrons. The van der Waals surface area contributed by atoms with Crippen LogP contribution in [0.2, 0.25) is 5.02 Å². The van der Waals surface area contributed by atoms with Crippen molar-refractivity contribution in [3.63, 3.8) is 0 Å². The van der Waals surface area contributed by atoms with Crippen LogP contribution in [0.4, 0.5) is 4.39 Å². The molecule has 1 N–H and O–H groups in total. The van der Waals surface area contributed by atoms with E-state index >= 15 is 0 Å². The van der Waals surface area contributed by atoms with E-state index in [1.807, 2.05) is 0 Å². The number of amides is 1. The second kappa shape index (κ2) is 8.42. The minimum Gasteiger partial charge on any atom is -0.351 e. The van der Waals surface area contributed by atoms with Gasteiger partial charge in [0.1, 0.15) is 5.82 Å². The van der Waals surface area contributed by atoms with E-state index in [9.17, 15) is 17.6 Å². The number of hydrogen-bond donors (Lipinski definition) is 1. The molecule has 5 nitrogen and oxygen atoms in total. The zero-order chi connectivity index (χ0) is 18.4. The molecule has 0 aromatic heterocycles. The summed E-state index contributed by atoms with van der Waals surface area (Å²) in [5, 5.41) is 3.06. The number of halogens is 2. The number of likely N-dealkylation sites (N-methyl/N-ethyl adjacent to an activating group) is 1. The van der Waals surface area contributed by atoms with Gasteiger partial charge in [-0.3, -0.25) is 4.79 Å². The molecule has 2 aromatic carbocycles. The highest BCUT2D eigenvalue weighted by atomic mass is 35.5. The first-order valence-electron chi connectivity index (χ1n) is 7.60. The van der Waals surface area contributed by atoms with Crippen molar-refractivity contribution >= 4 is 27.5 Å². The molecule has 0 bridgehead atoms. The summed E-state index contributed by atoms with van der Waals surface area (Å²) in [6.45, 7) is 1.69. The Hall–Kier alpha value is -1.96. The van der Waals surface area contributed by atoms with Crippen molar-refractivity contribution in [3.05, 3.63) is 64.9 Å². The summed E-state index contributed by atoms with van der Waals surface area (Å²) in [4.78, 5) is 12.1. The quantitative estimate of drug-likeness (QED) is 0.798. The summed E-state index contributed by atoms with van der Waals surface area (Å²) < 4.78 is 39.1. The van der Waals surface area contributed by atoms with Crippen molar-refractivity contribution in [2.24, 2.45) is 0 Å². The van der Waals surface area contributed by atoms with Gasteiger partial charge in [-0.05, 0) is 42.0 Å². The first-order valence-corrected chi connectivity index (χ1v) is 9.41. The molecule has 0 aliphatic heterocycles. The molecule has 8 heteroatoms. The Balaban J connectivity index is 2.01. The van der Waals surface area contributed by atoms with Crippen molar-refractivity contribution in [1.29, 1.82) is 0 Å². The second-order valence-corrected chi connectivity index (χ2v) is 7.66. The van der Waals surface area contributed by atoms with E-state index in [-0.39, 0.29) is 30.3 Å². The van der Waals surface area contributed by atoms with E-state index in [4.69, 9.17) is 11.6 Å². The third kappa shape index (κ3) is 5.26. The van der Waals surface area contributed by atoms with Gasteiger partial charge in [0.15, 0.2) is 0 Å². The Bertz CT molecular complexity index is 824. The molecule has 0 aliphatic rings. The molecule has 2 aromatic rings. The van der Waals surface area contributed by atoms with Gasteiger partial charge in [-0.2, -0.15) is 4.31 Å². The van der Waals surface area contributed by atoms with Gasteiger partial charge in [-0.15, -0.1) is 0 Å². The molecule has 25 heavy (non-hydrogen) atoms. The number of nitrogens with zero attached hydrogens (tertiary/aromatic N) is 1. The molecule has 2 rings (SSSR count). The number of rotatable bonds is 7. The average molecular weight is 385 g/mol. The zero-order valence-electron chi connectivity index (χ0n) is 13.6. The van der Waals surface area contributed by atoms with Crippen molar-refractivity contribution in [1.82, 2.24) is 9.62 Å². The highest BCUT2D eigenvalue weighted by Gasteiger charge is 2.25. The third-order valence-corrected chi connectivity index (χ3v) is 5.71. The van der Waals surface area contributed by atoms with Crippen LogP contribution in [-0.2, 0) is 21.4 Å². The molecule has 0 atom stereocenters. The van der Waals surface area contributed by atoms with Gasteiger partial charge >= 0.3 is 0 Å². The molecule has 0 saturated heterocycles. The van der Waals surface area contributed by atoms with Gasteiger partial charge in [-0.1, -0.05) is 30.7 Å². The Labute approximate surface area is 151 Å². The summed E-state index contributed by atoms with van der Waals surface area (Å²) in [6.07, 6.45) is 0. The third-order valence-electron chi connectivity index (χ3n) is 3.53. The second-order valence-electron chi connectivity index (χ2n) is 5.29. The Morgan fingerprint density at radius 3 is 2.28 bits per heavy atom. The van der Waals surface area contributed by atoms with Gasteiger partial charge in [0.2, 0.25) is 15.9 Å². The molecule has 0 heterocycles. The van der Waals surface area contributed by atoms with Crippen LogP contribution in [0.1, 0.15) is 12.5 Å². The van der Waals surface area contributed by atoms with Crippen LogP contribution >= 0.6 is 11.6 Å². The molecule has 0 spiro atoms. The standard InChI is InChI=1S/C17H18ClFN2O3S/c1-2-21(25(23,24)16-9-5-14(18)6-10-16)12-17(22)20-11-13-3-7-15(19)8-4-13/h3-10H,2,11-12H2,1H3,(H,20,22). The lowest BCUT2D eigenvalue weighted by molar-refractivity contribution is -0.121. The maximum absolute atomic E-state index is 12.9. The fourth-order valence-corrected chi connectivity index (χ4v) is 3.67. The molecular formula is C17H18ClFN2O3S. The lowest BCUT2D eigenvalue weighted by atomic mass is 10.2. The predicted octanol–water partition coefficient (Wildman–Crippen LogP) is 2.81. The molecule has 134 valence electrons. The normalized spacial score (nSPS) is 11.5. The Morgan fingerprint density at radius 1 is 1.12 bits per heavy atom. The van der Waals surface area contributed by atoms with Crippen molar-refractivity contribution in [2.45, 2.75) is 18.4 Å². The van der Waals surface area contributed by atoms with Crippen molar-refractivity contribution < 1.29 is 17.6 Å². The maximum Gasteiger partial charge on any atom is 0.243 e. The predicted molar refractivity (Wildman–Crippen MR) is 94.1 cm³/mol. The van der Waals surface area contributed by atoms with Crippen LogP contribution in [0.25, 0.3) is 0 Å². The summed E-state index contributed by atoms with van der Waals surface area (Å²) in [7, 11) is -3.79. The fraction of sp³-hybridized carbons (Fsp3) is 0.235. The SMILES string of the molecule is CCN(CC(=O)NCc1ccc(F)cc1)S(=O)(=O)c1ccc(Cl)cc1. The van der Waals surface area contributed by atoms with Crippen LogP contribution in [0, 0.1) is 5.82 Å². The number of hydrogen-bond acceptors (Lipinski definition) is 3. The molecule has 0 fully saturated rings. The van der Waals surface area contributed by atoms with E-state index in [2.05, 4.69) is 5.32 Å². The summed E-state index contributed by atoms with van der Waals surface area (Å²) in [5.74, 6) is -0.801. The molecule has 0 aliphatic carbocycles. The number of carbonyl (C=O) groups is 1. The first-order chi connectivity index (χ1) is 11.8. The highest BCUT2D eigenvalue weighted by Crippen LogP contribution is 2.18. The van der Waals surface area contributed by atoms with Crippen LogP contribution in [-0.4, -0.2) is 31.7 Å². The number of nitrogens with one attached hydrogen (secondary N) is 1. The molecule has 1 amide bonds. The van der Waals surface area contributed by atoms with Gasteiger partial charge < -0.3 is 5.32 Å². The zero-order valence-corrected chi connectivity index (χ0v) is 15.1. The smallest absolute Gasteiger partial charge is 0.243 e. The van der Waals surface area contributed by atoms with Crippen LogP contribution in [0.3, 0.4) is 0 Å². The lowest BCUT2D eigenvalue weighted by Crippen LogP contribution is -2.40. The minimum absolute atomic E-state index is 0.0742. The van der Waals surface area contributed by atoms with Crippen molar-refractivity contribution in [2.75, 3.05) is 13.1 Å². The maximum atomic E-state index is 12.9. The molecular weight excluding hydrogens is 367 g/mol. The fourth-order valence-electron chi connectivity index (χ4n) is 2.14. The highest BCUT2D eigenvalue weighted by molar-refractivity contribution is 7.89. The van der Waals surface area contributed by atoms with Crippen LogP contribution < -0.4 is 5.32 Å². The topological polar surface area (TPSA) is 66.5 Å². The van der Waals surface area contributed by atoms with Crippen molar-refractivity contribution in [3.8, 4) is 0 Å². The summed E-state index contributed by atoms with van der Waals surface area (Å²) in [5.41, 5.74) is 0.721. The number of benzene rings is 2. The van der Waals surface area contributed by atoms with Gasteiger partial charge in [0, 0.05) is 18.1 Å². The first kappa shape index (κ1) is 19.4.